The van der Waals surface area contributed by atoms with Crippen LogP contribution in [0.3, 0.4) is 0 Å². The third-order valence-corrected chi connectivity index (χ3v) is 3.27. The standard InChI is InChI=1S/C13H12ClN5O/c1-19-6-7-4-8(2-3-9(7)12(19)20)16-11-5-10(14)17-13(15)18-11/h2-5H,6H2,1H3,(H3,15,16,17,18). The van der Waals surface area contributed by atoms with Gasteiger partial charge in [-0.05, 0) is 23.8 Å². The maximum absolute atomic E-state index is 11.8. The number of fused-ring (bicyclic) bond motifs is 1. The molecule has 0 bridgehead atoms. The Balaban J connectivity index is 1.89. The van der Waals surface area contributed by atoms with Crippen LogP contribution in [-0.4, -0.2) is 27.8 Å². The average Bonchev–Trinajstić information content (AvgIpc) is 2.63. The highest BCUT2D eigenvalue weighted by atomic mass is 35.5. The van der Waals surface area contributed by atoms with Crippen LogP contribution in [0.15, 0.2) is 24.3 Å². The summed E-state index contributed by atoms with van der Waals surface area (Å²) in [5.41, 5.74) is 8.08. The van der Waals surface area contributed by atoms with Crippen LogP contribution in [-0.2, 0) is 6.54 Å². The number of aromatic nitrogens is 2. The second-order valence-corrected chi connectivity index (χ2v) is 4.98. The molecule has 0 saturated heterocycles. The monoisotopic (exact) mass is 289 g/mol. The molecule has 0 radical (unpaired) electrons. The lowest BCUT2D eigenvalue weighted by atomic mass is 10.1. The number of carbonyl (C=O) groups excluding carboxylic acids is 1. The van der Waals surface area contributed by atoms with Gasteiger partial charge in [-0.3, -0.25) is 4.79 Å². The molecule has 1 aromatic carbocycles. The van der Waals surface area contributed by atoms with E-state index in [0.717, 1.165) is 16.8 Å². The SMILES string of the molecule is CN1Cc2cc(Nc3cc(Cl)nc(N)n3)ccc2C1=O. The second-order valence-electron chi connectivity index (χ2n) is 4.59. The van der Waals surface area contributed by atoms with Crippen LogP contribution < -0.4 is 11.1 Å². The van der Waals surface area contributed by atoms with Gasteiger partial charge in [0, 0.05) is 30.9 Å². The Hall–Kier alpha value is -2.34. The van der Waals surface area contributed by atoms with E-state index in [1.54, 1.807) is 24.1 Å². The van der Waals surface area contributed by atoms with Gasteiger partial charge >= 0.3 is 0 Å². The molecule has 0 atom stereocenters. The van der Waals surface area contributed by atoms with E-state index in [4.69, 9.17) is 17.3 Å². The summed E-state index contributed by atoms with van der Waals surface area (Å²) >= 11 is 5.83. The van der Waals surface area contributed by atoms with Crippen molar-refractivity contribution in [2.75, 3.05) is 18.1 Å². The fourth-order valence-corrected chi connectivity index (χ4v) is 2.38. The van der Waals surface area contributed by atoms with E-state index in [0.29, 0.717) is 12.4 Å². The van der Waals surface area contributed by atoms with Gasteiger partial charge in [0.05, 0.1) is 0 Å². The molecule has 2 aromatic rings. The Morgan fingerprint density at radius 2 is 2.15 bits per heavy atom. The number of anilines is 3. The zero-order chi connectivity index (χ0) is 14.3. The topological polar surface area (TPSA) is 84.1 Å². The van der Waals surface area contributed by atoms with Crippen molar-refractivity contribution in [2.24, 2.45) is 0 Å². The second kappa shape index (κ2) is 4.64. The van der Waals surface area contributed by atoms with Crippen LogP contribution in [0, 0.1) is 0 Å². The Morgan fingerprint density at radius 1 is 1.35 bits per heavy atom. The first-order chi connectivity index (χ1) is 9.52. The van der Waals surface area contributed by atoms with Crippen molar-refractivity contribution in [2.45, 2.75) is 6.54 Å². The Labute approximate surface area is 120 Å². The van der Waals surface area contributed by atoms with Crippen molar-refractivity contribution in [3.8, 4) is 0 Å². The van der Waals surface area contributed by atoms with Crippen LogP contribution in [0.1, 0.15) is 15.9 Å². The first kappa shape index (κ1) is 12.7. The third-order valence-electron chi connectivity index (χ3n) is 3.07. The minimum absolute atomic E-state index is 0.0425. The molecule has 1 aliphatic rings. The molecule has 0 unspecified atom stereocenters. The maximum Gasteiger partial charge on any atom is 0.254 e. The summed E-state index contributed by atoms with van der Waals surface area (Å²) in [7, 11) is 1.78. The number of nitrogens with two attached hydrogens (primary N) is 1. The van der Waals surface area contributed by atoms with Crippen LogP contribution >= 0.6 is 11.6 Å². The van der Waals surface area contributed by atoms with Gasteiger partial charge in [0.15, 0.2) is 0 Å². The van der Waals surface area contributed by atoms with Crippen LogP contribution in [0.25, 0.3) is 0 Å². The molecule has 20 heavy (non-hydrogen) atoms. The largest absolute Gasteiger partial charge is 0.368 e. The normalized spacial score (nSPS) is 13.5. The van der Waals surface area contributed by atoms with Crippen LogP contribution in [0.4, 0.5) is 17.5 Å². The fraction of sp³-hybridized carbons (Fsp3) is 0.154. The molecule has 7 heteroatoms. The van der Waals surface area contributed by atoms with Crippen LogP contribution in [0.5, 0.6) is 0 Å². The Bertz CT molecular complexity index is 683. The van der Waals surface area contributed by atoms with Crippen molar-refractivity contribution in [3.05, 3.63) is 40.5 Å². The number of hydrogen-bond donors (Lipinski definition) is 2. The summed E-state index contributed by atoms with van der Waals surface area (Å²) in [6.45, 7) is 0.607. The predicted molar refractivity (Wildman–Crippen MR) is 77.0 cm³/mol. The van der Waals surface area contributed by atoms with Gasteiger partial charge in [0.1, 0.15) is 11.0 Å². The predicted octanol–water partition coefficient (Wildman–Crippen LogP) is 2.04. The molecular weight excluding hydrogens is 278 g/mol. The fourth-order valence-electron chi connectivity index (χ4n) is 2.19. The number of halogens is 1. The Kier molecular flexibility index (Phi) is 2.94. The molecule has 0 saturated carbocycles. The van der Waals surface area contributed by atoms with E-state index >= 15 is 0 Å². The number of nitrogens with zero attached hydrogens (tertiary/aromatic N) is 3. The van der Waals surface area contributed by atoms with E-state index < -0.39 is 0 Å². The first-order valence-electron chi connectivity index (χ1n) is 5.98. The summed E-state index contributed by atoms with van der Waals surface area (Å²) in [6.07, 6.45) is 0. The van der Waals surface area contributed by atoms with Crippen molar-refractivity contribution in [3.63, 3.8) is 0 Å². The average molecular weight is 290 g/mol. The molecular formula is C13H12ClN5O. The molecule has 2 heterocycles. The molecule has 1 aromatic heterocycles. The van der Waals surface area contributed by atoms with E-state index in [1.807, 2.05) is 12.1 Å². The number of benzene rings is 1. The van der Waals surface area contributed by atoms with Gasteiger partial charge in [-0.1, -0.05) is 11.6 Å². The summed E-state index contributed by atoms with van der Waals surface area (Å²) in [5, 5.41) is 3.37. The van der Waals surface area contributed by atoms with Gasteiger partial charge in [-0.25, -0.2) is 4.98 Å². The van der Waals surface area contributed by atoms with Gasteiger partial charge in [-0.15, -0.1) is 0 Å². The summed E-state index contributed by atoms with van der Waals surface area (Å²) in [6, 6.07) is 7.13. The van der Waals surface area contributed by atoms with Gasteiger partial charge < -0.3 is 16.0 Å². The highest BCUT2D eigenvalue weighted by Gasteiger charge is 2.24. The quantitative estimate of drug-likeness (QED) is 0.827. The lowest BCUT2D eigenvalue weighted by Gasteiger charge is -2.07. The molecule has 3 N–H and O–H groups in total. The number of carbonyl (C=O) groups is 1. The van der Waals surface area contributed by atoms with Crippen LogP contribution in [0.2, 0.25) is 5.15 Å². The highest BCUT2D eigenvalue weighted by molar-refractivity contribution is 6.29. The van der Waals surface area contributed by atoms with Gasteiger partial charge in [0.25, 0.3) is 5.91 Å². The minimum Gasteiger partial charge on any atom is -0.368 e. The van der Waals surface area contributed by atoms with Crippen molar-refractivity contribution < 1.29 is 4.79 Å². The smallest absolute Gasteiger partial charge is 0.254 e. The van der Waals surface area contributed by atoms with E-state index in [-0.39, 0.29) is 17.0 Å². The number of rotatable bonds is 2. The number of hydrogen-bond acceptors (Lipinski definition) is 5. The number of nitrogens with one attached hydrogen (secondary N) is 1. The van der Waals surface area contributed by atoms with E-state index in [2.05, 4.69) is 15.3 Å². The molecule has 3 rings (SSSR count). The zero-order valence-corrected chi connectivity index (χ0v) is 11.5. The first-order valence-corrected chi connectivity index (χ1v) is 6.36. The lowest BCUT2D eigenvalue weighted by Crippen LogP contribution is -2.17. The maximum atomic E-state index is 11.8. The lowest BCUT2D eigenvalue weighted by molar-refractivity contribution is 0.0816. The summed E-state index contributed by atoms with van der Waals surface area (Å²) < 4.78 is 0. The molecule has 1 aliphatic heterocycles. The number of amides is 1. The van der Waals surface area contributed by atoms with Crippen molar-refractivity contribution >= 4 is 35.0 Å². The molecule has 0 spiro atoms. The van der Waals surface area contributed by atoms with Crippen molar-refractivity contribution in [1.29, 1.82) is 0 Å². The van der Waals surface area contributed by atoms with Crippen molar-refractivity contribution in [1.82, 2.24) is 14.9 Å². The van der Waals surface area contributed by atoms with E-state index in [1.165, 1.54) is 0 Å². The number of nitrogen functional groups attached to an aromatic ring is 1. The van der Waals surface area contributed by atoms with Gasteiger partial charge in [-0.2, -0.15) is 4.98 Å². The molecule has 6 nitrogen and oxygen atoms in total. The summed E-state index contributed by atoms with van der Waals surface area (Å²) in [4.78, 5) is 21.3. The molecule has 102 valence electrons. The Morgan fingerprint density at radius 3 is 2.90 bits per heavy atom. The minimum atomic E-state index is 0.0425. The molecule has 1 amide bonds. The third kappa shape index (κ3) is 2.25. The van der Waals surface area contributed by atoms with E-state index in [9.17, 15) is 4.79 Å². The van der Waals surface area contributed by atoms with Gasteiger partial charge in [0.2, 0.25) is 5.95 Å². The highest BCUT2D eigenvalue weighted by Crippen LogP contribution is 2.26. The summed E-state index contributed by atoms with van der Waals surface area (Å²) in [5.74, 6) is 0.664. The zero-order valence-electron chi connectivity index (χ0n) is 10.7. The molecule has 0 aliphatic carbocycles. The molecule has 0 fully saturated rings.